The lowest BCUT2D eigenvalue weighted by Crippen LogP contribution is -2.10. The molecule has 0 fully saturated rings. The summed E-state index contributed by atoms with van der Waals surface area (Å²) in [6, 6.07) is 5.35. The van der Waals surface area contributed by atoms with Crippen molar-refractivity contribution in [2.45, 2.75) is 0 Å². The number of benzene rings is 2. The standard InChI is InChI=1S/C13H5ClF3IO/c14-6-1-2-11(18)8(3-6)13(19)12-9(16)4-7(15)5-10(12)17/h1-5H. The highest BCUT2D eigenvalue weighted by atomic mass is 127. The molecule has 0 aliphatic rings. The predicted octanol–water partition coefficient (Wildman–Crippen LogP) is 4.59. The average Bonchev–Trinajstić information content (AvgIpc) is 2.30. The fourth-order valence-corrected chi connectivity index (χ4v) is 2.32. The Kier molecular flexibility index (Phi) is 4.15. The Bertz CT molecular complexity index is 650. The normalized spacial score (nSPS) is 10.6. The minimum absolute atomic E-state index is 0.0671. The van der Waals surface area contributed by atoms with Crippen LogP contribution in [-0.4, -0.2) is 5.78 Å². The van der Waals surface area contributed by atoms with Gasteiger partial charge in [0, 0.05) is 26.3 Å². The minimum Gasteiger partial charge on any atom is -0.288 e. The topological polar surface area (TPSA) is 17.1 Å². The molecule has 2 rings (SSSR count). The number of carbonyl (C=O) groups is 1. The van der Waals surface area contributed by atoms with Crippen LogP contribution in [0.4, 0.5) is 13.2 Å². The van der Waals surface area contributed by atoms with Gasteiger partial charge in [0.2, 0.25) is 0 Å². The van der Waals surface area contributed by atoms with Crippen LogP contribution in [0.25, 0.3) is 0 Å². The van der Waals surface area contributed by atoms with Crippen molar-refractivity contribution in [1.29, 1.82) is 0 Å². The molecular weight excluding hydrogens is 391 g/mol. The van der Waals surface area contributed by atoms with Gasteiger partial charge in [-0.2, -0.15) is 0 Å². The third kappa shape index (κ3) is 2.92. The van der Waals surface area contributed by atoms with Gasteiger partial charge >= 0.3 is 0 Å². The second-order valence-corrected chi connectivity index (χ2v) is 5.30. The molecule has 19 heavy (non-hydrogen) atoms. The molecule has 2 aromatic carbocycles. The van der Waals surface area contributed by atoms with E-state index >= 15 is 0 Å². The maximum absolute atomic E-state index is 13.5. The van der Waals surface area contributed by atoms with Gasteiger partial charge in [-0.05, 0) is 40.8 Å². The lowest BCUT2D eigenvalue weighted by molar-refractivity contribution is 0.103. The SMILES string of the molecule is O=C(c1cc(Cl)ccc1I)c1c(F)cc(F)cc1F. The third-order valence-corrected chi connectivity index (χ3v) is 3.58. The Morgan fingerprint density at radius 1 is 1.05 bits per heavy atom. The lowest BCUT2D eigenvalue weighted by Gasteiger charge is -2.07. The second kappa shape index (κ2) is 5.50. The molecule has 0 amide bonds. The number of hydrogen-bond acceptors (Lipinski definition) is 1. The summed E-state index contributed by atoms with van der Waals surface area (Å²) in [5.74, 6) is -4.43. The summed E-state index contributed by atoms with van der Waals surface area (Å²) >= 11 is 7.60. The highest BCUT2D eigenvalue weighted by Gasteiger charge is 2.22. The number of halogens is 5. The monoisotopic (exact) mass is 396 g/mol. The molecule has 0 aliphatic heterocycles. The van der Waals surface area contributed by atoms with Crippen molar-refractivity contribution in [3.05, 3.63) is 67.5 Å². The zero-order chi connectivity index (χ0) is 14.2. The fourth-order valence-electron chi connectivity index (χ4n) is 1.57. The first kappa shape index (κ1) is 14.3. The first-order chi connectivity index (χ1) is 8.90. The molecule has 0 bridgehead atoms. The van der Waals surface area contributed by atoms with Crippen LogP contribution in [0.2, 0.25) is 5.02 Å². The van der Waals surface area contributed by atoms with Crippen molar-refractivity contribution in [3.8, 4) is 0 Å². The van der Waals surface area contributed by atoms with Crippen LogP contribution in [0.3, 0.4) is 0 Å². The molecular formula is C13H5ClF3IO. The maximum atomic E-state index is 13.5. The van der Waals surface area contributed by atoms with Crippen LogP contribution in [0, 0.1) is 21.0 Å². The average molecular weight is 397 g/mol. The van der Waals surface area contributed by atoms with E-state index in [-0.39, 0.29) is 10.6 Å². The van der Waals surface area contributed by atoms with Gasteiger partial charge in [-0.3, -0.25) is 4.79 Å². The molecule has 0 spiro atoms. The van der Waals surface area contributed by atoms with Crippen molar-refractivity contribution in [3.63, 3.8) is 0 Å². The highest BCUT2D eigenvalue weighted by molar-refractivity contribution is 14.1. The Morgan fingerprint density at radius 3 is 2.21 bits per heavy atom. The van der Waals surface area contributed by atoms with Crippen LogP contribution >= 0.6 is 34.2 Å². The smallest absolute Gasteiger partial charge is 0.200 e. The van der Waals surface area contributed by atoms with E-state index in [0.29, 0.717) is 15.7 Å². The lowest BCUT2D eigenvalue weighted by atomic mass is 10.0. The van der Waals surface area contributed by atoms with Gasteiger partial charge in [0.25, 0.3) is 0 Å². The zero-order valence-corrected chi connectivity index (χ0v) is 12.1. The Hall–Kier alpha value is -1.08. The summed E-state index contributed by atoms with van der Waals surface area (Å²) in [7, 11) is 0. The Morgan fingerprint density at radius 2 is 1.63 bits per heavy atom. The van der Waals surface area contributed by atoms with Crippen molar-refractivity contribution in [2.24, 2.45) is 0 Å². The summed E-state index contributed by atoms with van der Waals surface area (Å²) in [4.78, 5) is 12.1. The number of ketones is 1. The van der Waals surface area contributed by atoms with Crippen LogP contribution in [0.1, 0.15) is 15.9 Å². The van der Waals surface area contributed by atoms with E-state index in [2.05, 4.69) is 0 Å². The molecule has 1 nitrogen and oxygen atoms in total. The quantitative estimate of drug-likeness (QED) is 0.536. The maximum Gasteiger partial charge on any atom is 0.200 e. The summed E-state index contributed by atoms with van der Waals surface area (Å²) in [6.45, 7) is 0. The van der Waals surface area contributed by atoms with Crippen molar-refractivity contribution in [2.75, 3.05) is 0 Å². The van der Waals surface area contributed by atoms with Gasteiger partial charge in [0.15, 0.2) is 5.78 Å². The summed E-state index contributed by atoms with van der Waals surface area (Å²) in [6.07, 6.45) is 0. The molecule has 98 valence electrons. The molecule has 0 saturated heterocycles. The molecule has 0 saturated carbocycles. The van der Waals surface area contributed by atoms with E-state index in [1.165, 1.54) is 6.07 Å². The molecule has 0 aliphatic carbocycles. The minimum atomic E-state index is -1.24. The van der Waals surface area contributed by atoms with Gasteiger partial charge in [-0.15, -0.1) is 0 Å². The first-order valence-electron chi connectivity index (χ1n) is 5.04. The highest BCUT2D eigenvalue weighted by Crippen LogP contribution is 2.24. The van der Waals surface area contributed by atoms with Crippen LogP contribution < -0.4 is 0 Å². The van der Waals surface area contributed by atoms with Gasteiger partial charge in [-0.25, -0.2) is 13.2 Å². The van der Waals surface area contributed by atoms with E-state index in [9.17, 15) is 18.0 Å². The molecule has 0 radical (unpaired) electrons. The molecule has 0 aromatic heterocycles. The van der Waals surface area contributed by atoms with Gasteiger partial charge in [0.05, 0.1) is 5.56 Å². The zero-order valence-electron chi connectivity index (χ0n) is 9.18. The van der Waals surface area contributed by atoms with Gasteiger partial charge < -0.3 is 0 Å². The summed E-state index contributed by atoms with van der Waals surface area (Å²) in [5.41, 5.74) is -0.723. The first-order valence-corrected chi connectivity index (χ1v) is 6.50. The van der Waals surface area contributed by atoms with E-state index in [4.69, 9.17) is 11.6 Å². The predicted molar refractivity (Wildman–Crippen MR) is 73.9 cm³/mol. The molecule has 0 N–H and O–H groups in total. The van der Waals surface area contributed by atoms with E-state index < -0.39 is 28.8 Å². The molecule has 0 atom stereocenters. The fraction of sp³-hybridized carbons (Fsp3) is 0. The largest absolute Gasteiger partial charge is 0.288 e. The van der Waals surface area contributed by atoms with E-state index in [1.54, 1.807) is 12.1 Å². The molecule has 0 unspecified atom stereocenters. The van der Waals surface area contributed by atoms with Gasteiger partial charge in [0.1, 0.15) is 17.5 Å². The second-order valence-electron chi connectivity index (χ2n) is 3.70. The van der Waals surface area contributed by atoms with Gasteiger partial charge in [-0.1, -0.05) is 11.6 Å². The van der Waals surface area contributed by atoms with Crippen molar-refractivity contribution >= 4 is 40.0 Å². The Labute approximate surface area is 125 Å². The van der Waals surface area contributed by atoms with Crippen molar-refractivity contribution < 1.29 is 18.0 Å². The van der Waals surface area contributed by atoms with Crippen LogP contribution in [0.5, 0.6) is 0 Å². The molecule has 0 heterocycles. The van der Waals surface area contributed by atoms with Crippen molar-refractivity contribution in [1.82, 2.24) is 0 Å². The molecule has 6 heteroatoms. The number of hydrogen-bond donors (Lipinski definition) is 0. The van der Waals surface area contributed by atoms with Crippen LogP contribution in [0.15, 0.2) is 30.3 Å². The number of carbonyl (C=O) groups excluding carboxylic acids is 1. The molecule has 2 aromatic rings. The van der Waals surface area contributed by atoms with Crippen LogP contribution in [-0.2, 0) is 0 Å². The number of rotatable bonds is 2. The van der Waals surface area contributed by atoms with E-state index in [0.717, 1.165) is 0 Å². The third-order valence-electron chi connectivity index (χ3n) is 2.41. The summed E-state index contributed by atoms with van der Waals surface area (Å²) < 4.78 is 40.4. The Balaban J connectivity index is 2.59. The summed E-state index contributed by atoms with van der Waals surface area (Å²) in [5, 5.41) is 0.270. The van der Waals surface area contributed by atoms with E-state index in [1.807, 2.05) is 22.6 Å².